The number of aromatic nitrogens is 2. The van der Waals surface area contributed by atoms with E-state index in [1.165, 1.54) is 10.9 Å². The van der Waals surface area contributed by atoms with Gasteiger partial charge in [0.05, 0.1) is 5.41 Å². The van der Waals surface area contributed by atoms with Crippen LogP contribution >= 0.6 is 11.6 Å². The first-order valence-corrected chi connectivity index (χ1v) is 6.25. The lowest BCUT2D eigenvalue weighted by molar-refractivity contribution is 0.0803. The third-order valence-electron chi connectivity index (χ3n) is 3.39. The molecule has 18 heavy (non-hydrogen) atoms. The first kappa shape index (κ1) is 12.8. The van der Waals surface area contributed by atoms with Gasteiger partial charge in [-0.25, -0.2) is 4.98 Å². The van der Waals surface area contributed by atoms with Crippen molar-refractivity contribution in [1.29, 1.82) is 0 Å². The van der Waals surface area contributed by atoms with Crippen LogP contribution in [0.2, 0.25) is 5.02 Å². The lowest BCUT2D eigenvalue weighted by Gasteiger charge is -2.28. The van der Waals surface area contributed by atoms with Gasteiger partial charge in [-0.2, -0.15) is 0 Å². The van der Waals surface area contributed by atoms with E-state index >= 15 is 0 Å². The molecule has 4 heteroatoms. The summed E-state index contributed by atoms with van der Waals surface area (Å²) in [6, 6.07) is 7.48. The van der Waals surface area contributed by atoms with Crippen molar-refractivity contribution in [3.8, 4) is 0 Å². The molecule has 0 N–H and O–H groups in total. The van der Waals surface area contributed by atoms with E-state index in [0.29, 0.717) is 11.4 Å². The molecule has 0 amide bonds. The summed E-state index contributed by atoms with van der Waals surface area (Å²) >= 11 is 6.22. The summed E-state index contributed by atoms with van der Waals surface area (Å²) in [5.74, 6) is -0.0180. The molecule has 1 unspecified atom stereocenters. The van der Waals surface area contributed by atoms with Crippen molar-refractivity contribution >= 4 is 17.5 Å². The molecule has 0 spiro atoms. The summed E-state index contributed by atoms with van der Waals surface area (Å²) in [7, 11) is 0. The van der Waals surface area contributed by atoms with E-state index in [-0.39, 0.29) is 5.91 Å². The second-order valence-electron chi connectivity index (χ2n) is 4.44. The molecule has 0 radical (unpaired) electrons. The van der Waals surface area contributed by atoms with Crippen molar-refractivity contribution < 1.29 is 4.79 Å². The number of nitrogens with zero attached hydrogens (tertiary/aromatic N) is 2. The second-order valence-corrected chi connectivity index (χ2v) is 4.85. The first-order valence-electron chi connectivity index (χ1n) is 5.87. The highest BCUT2D eigenvalue weighted by Crippen LogP contribution is 2.34. The van der Waals surface area contributed by atoms with Gasteiger partial charge in [0.15, 0.2) is 0 Å². The first-order chi connectivity index (χ1) is 8.59. The lowest BCUT2D eigenvalue weighted by Crippen LogP contribution is -2.36. The smallest absolute Gasteiger partial charge is 0.242 e. The lowest BCUT2D eigenvalue weighted by atomic mass is 9.79. The van der Waals surface area contributed by atoms with Gasteiger partial charge in [-0.3, -0.25) is 9.36 Å². The predicted octanol–water partition coefficient (Wildman–Crippen LogP) is 3.54. The van der Waals surface area contributed by atoms with Crippen molar-refractivity contribution in [2.45, 2.75) is 25.7 Å². The van der Waals surface area contributed by atoms with E-state index in [0.717, 1.165) is 5.56 Å². The molecule has 0 saturated heterocycles. The Hall–Kier alpha value is -1.61. The molecular weight excluding hydrogens is 248 g/mol. The fourth-order valence-corrected chi connectivity index (χ4v) is 2.37. The molecule has 3 nitrogen and oxygen atoms in total. The minimum Gasteiger partial charge on any atom is -0.276 e. The van der Waals surface area contributed by atoms with Crippen molar-refractivity contribution in [1.82, 2.24) is 9.55 Å². The van der Waals surface area contributed by atoms with E-state index in [1.54, 1.807) is 12.4 Å². The number of benzene rings is 1. The van der Waals surface area contributed by atoms with Crippen LogP contribution in [0.5, 0.6) is 0 Å². The number of carbonyl (C=O) groups is 1. The van der Waals surface area contributed by atoms with Crippen LogP contribution in [0.15, 0.2) is 43.0 Å². The van der Waals surface area contributed by atoms with Crippen LogP contribution in [0.25, 0.3) is 0 Å². The highest BCUT2D eigenvalue weighted by molar-refractivity contribution is 6.31. The molecule has 2 rings (SSSR count). The Balaban J connectivity index is 2.49. The molecule has 1 aromatic heterocycles. The van der Waals surface area contributed by atoms with Gasteiger partial charge in [0.2, 0.25) is 5.91 Å². The Morgan fingerprint density at radius 3 is 2.72 bits per heavy atom. The standard InChI is InChI=1S/C14H15ClN2O/c1-3-14(2,11-6-4-5-7-12(11)15)13(18)17-9-8-16-10-17/h4-10H,3H2,1-2H3. The summed E-state index contributed by atoms with van der Waals surface area (Å²) in [6.45, 7) is 3.90. The quantitative estimate of drug-likeness (QED) is 0.848. The van der Waals surface area contributed by atoms with Gasteiger partial charge in [-0.05, 0) is 25.0 Å². The van der Waals surface area contributed by atoms with Crippen molar-refractivity contribution in [2.75, 3.05) is 0 Å². The van der Waals surface area contributed by atoms with E-state index in [2.05, 4.69) is 4.98 Å². The number of carbonyl (C=O) groups excluding carboxylic acids is 1. The summed E-state index contributed by atoms with van der Waals surface area (Å²) < 4.78 is 1.51. The van der Waals surface area contributed by atoms with Gasteiger partial charge in [-0.15, -0.1) is 0 Å². The van der Waals surface area contributed by atoms with Crippen LogP contribution in [0.1, 0.15) is 30.6 Å². The molecule has 94 valence electrons. The van der Waals surface area contributed by atoms with Crippen molar-refractivity contribution in [3.63, 3.8) is 0 Å². The molecule has 0 bridgehead atoms. The maximum Gasteiger partial charge on any atom is 0.242 e. The zero-order chi connectivity index (χ0) is 13.2. The number of hydrogen-bond donors (Lipinski definition) is 0. The van der Waals surface area contributed by atoms with Gasteiger partial charge >= 0.3 is 0 Å². The van der Waals surface area contributed by atoms with Gasteiger partial charge in [0.1, 0.15) is 6.33 Å². The molecule has 0 aliphatic carbocycles. The van der Waals surface area contributed by atoms with Crippen LogP contribution in [0, 0.1) is 0 Å². The molecule has 0 fully saturated rings. The summed E-state index contributed by atoms with van der Waals surface area (Å²) in [5.41, 5.74) is 0.215. The molecular formula is C14H15ClN2O. The Morgan fingerprint density at radius 2 is 2.17 bits per heavy atom. The minimum absolute atomic E-state index is 0.0180. The van der Waals surface area contributed by atoms with E-state index in [1.807, 2.05) is 38.1 Å². The highest BCUT2D eigenvalue weighted by Gasteiger charge is 2.35. The molecule has 1 atom stereocenters. The largest absolute Gasteiger partial charge is 0.276 e. The Morgan fingerprint density at radius 1 is 1.44 bits per heavy atom. The summed E-state index contributed by atoms with van der Waals surface area (Å²) in [4.78, 5) is 16.5. The summed E-state index contributed by atoms with van der Waals surface area (Å²) in [5, 5.41) is 0.621. The Labute approximate surface area is 111 Å². The molecule has 0 aliphatic rings. The van der Waals surface area contributed by atoms with Gasteiger partial charge in [0, 0.05) is 17.4 Å². The van der Waals surface area contributed by atoms with Crippen LogP contribution in [-0.2, 0) is 5.41 Å². The highest BCUT2D eigenvalue weighted by atomic mass is 35.5. The normalized spacial score (nSPS) is 14.2. The van der Waals surface area contributed by atoms with Crippen LogP contribution in [0.3, 0.4) is 0 Å². The molecule has 0 aliphatic heterocycles. The maximum absolute atomic E-state index is 12.6. The minimum atomic E-state index is -0.640. The third kappa shape index (κ3) is 2.06. The average molecular weight is 263 g/mol. The third-order valence-corrected chi connectivity index (χ3v) is 3.72. The number of halogens is 1. The number of imidazole rings is 1. The molecule has 2 aromatic rings. The Bertz CT molecular complexity index is 551. The predicted molar refractivity (Wildman–Crippen MR) is 71.9 cm³/mol. The van der Waals surface area contributed by atoms with Gasteiger partial charge < -0.3 is 0 Å². The van der Waals surface area contributed by atoms with E-state index < -0.39 is 5.41 Å². The zero-order valence-corrected chi connectivity index (χ0v) is 11.2. The second kappa shape index (κ2) is 4.94. The molecule has 1 aromatic carbocycles. The fourth-order valence-electron chi connectivity index (χ4n) is 2.03. The van der Waals surface area contributed by atoms with Crippen LogP contribution < -0.4 is 0 Å². The molecule has 1 heterocycles. The van der Waals surface area contributed by atoms with Crippen LogP contribution in [-0.4, -0.2) is 15.5 Å². The number of rotatable bonds is 3. The summed E-state index contributed by atoms with van der Waals surface area (Å²) in [6.07, 6.45) is 5.45. The van der Waals surface area contributed by atoms with E-state index in [4.69, 9.17) is 11.6 Å². The number of hydrogen-bond acceptors (Lipinski definition) is 2. The fraction of sp³-hybridized carbons (Fsp3) is 0.286. The van der Waals surface area contributed by atoms with Gasteiger partial charge in [0.25, 0.3) is 0 Å². The average Bonchev–Trinajstić information content (AvgIpc) is 2.91. The van der Waals surface area contributed by atoms with Crippen LogP contribution in [0.4, 0.5) is 0 Å². The SMILES string of the molecule is CCC(C)(C(=O)n1ccnc1)c1ccccc1Cl. The van der Waals surface area contributed by atoms with Crippen molar-refractivity contribution in [3.05, 3.63) is 53.6 Å². The van der Waals surface area contributed by atoms with E-state index in [9.17, 15) is 4.79 Å². The Kier molecular flexibility index (Phi) is 3.53. The zero-order valence-electron chi connectivity index (χ0n) is 10.4. The van der Waals surface area contributed by atoms with Crippen molar-refractivity contribution in [2.24, 2.45) is 0 Å². The van der Waals surface area contributed by atoms with Gasteiger partial charge in [-0.1, -0.05) is 36.7 Å². The topological polar surface area (TPSA) is 34.9 Å². The maximum atomic E-state index is 12.6. The monoisotopic (exact) mass is 262 g/mol. The molecule has 0 saturated carbocycles.